The molecular formula is C13H12BrN3O2. The molecule has 19 heavy (non-hydrogen) atoms. The third-order valence-electron chi connectivity index (χ3n) is 2.69. The Morgan fingerprint density at radius 2 is 2.16 bits per heavy atom. The van der Waals surface area contributed by atoms with Crippen LogP contribution in [0.4, 0.5) is 11.5 Å². The SMILES string of the molecule is CC(Nc1ncccc1[N+](=O)[O-])c1cccc(Br)c1. The zero-order chi connectivity index (χ0) is 13.8. The fraction of sp³-hybridized carbons (Fsp3) is 0.154. The van der Waals surface area contributed by atoms with Crippen LogP contribution in [0, 0.1) is 10.1 Å². The van der Waals surface area contributed by atoms with Crippen molar-refractivity contribution in [2.75, 3.05) is 5.32 Å². The van der Waals surface area contributed by atoms with Gasteiger partial charge in [-0.1, -0.05) is 28.1 Å². The summed E-state index contributed by atoms with van der Waals surface area (Å²) in [7, 11) is 0. The number of nitro groups is 1. The molecule has 0 spiro atoms. The molecule has 1 aromatic carbocycles. The standard InChI is InChI=1S/C13H12BrN3O2/c1-9(10-4-2-5-11(14)8-10)16-13-12(17(18)19)6-3-7-15-13/h2-9H,1H3,(H,15,16). The van der Waals surface area contributed by atoms with Gasteiger partial charge >= 0.3 is 5.69 Å². The molecule has 0 saturated heterocycles. The first-order chi connectivity index (χ1) is 9.08. The number of hydrogen-bond acceptors (Lipinski definition) is 4. The number of anilines is 1. The monoisotopic (exact) mass is 321 g/mol. The van der Waals surface area contributed by atoms with E-state index in [-0.39, 0.29) is 17.5 Å². The van der Waals surface area contributed by atoms with Crippen molar-refractivity contribution < 1.29 is 4.92 Å². The number of hydrogen-bond donors (Lipinski definition) is 1. The van der Waals surface area contributed by atoms with Crippen LogP contribution in [0.2, 0.25) is 0 Å². The highest BCUT2D eigenvalue weighted by Crippen LogP contribution is 2.26. The average Bonchev–Trinajstić information content (AvgIpc) is 2.39. The van der Waals surface area contributed by atoms with E-state index in [2.05, 4.69) is 26.2 Å². The zero-order valence-corrected chi connectivity index (χ0v) is 11.8. The molecule has 98 valence electrons. The molecule has 2 rings (SSSR count). The van der Waals surface area contributed by atoms with Gasteiger partial charge in [0.2, 0.25) is 5.82 Å². The predicted octanol–water partition coefficient (Wildman–Crippen LogP) is 3.93. The maximum atomic E-state index is 10.9. The van der Waals surface area contributed by atoms with Crippen LogP contribution in [0.25, 0.3) is 0 Å². The third kappa shape index (κ3) is 3.29. The Balaban J connectivity index is 2.24. The van der Waals surface area contributed by atoms with Crippen LogP contribution >= 0.6 is 15.9 Å². The van der Waals surface area contributed by atoms with Gasteiger partial charge in [0.05, 0.1) is 11.0 Å². The van der Waals surface area contributed by atoms with Gasteiger partial charge in [-0.15, -0.1) is 0 Å². The van der Waals surface area contributed by atoms with Crippen molar-refractivity contribution in [3.05, 3.63) is 62.7 Å². The normalized spacial score (nSPS) is 11.9. The van der Waals surface area contributed by atoms with Crippen LogP contribution in [0.3, 0.4) is 0 Å². The van der Waals surface area contributed by atoms with Crippen LogP contribution in [-0.2, 0) is 0 Å². The van der Waals surface area contributed by atoms with Crippen molar-refractivity contribution in [2.24, 2.45) is 0 Å². The highest BCUT2D eigenvalue weighted by atomic mass is 79.9. The molecule has 2 aromatic rings. The summed E-state index contributed by atoms with van der Waals surface area (Å²) >= 11 is 3.40. The van der Waals surface area contributed by atoms with Gasteiger partial charge in [0.15, 0.2) is 0 Å². The van der Waals surface area contributed by atoms with E-state index in [1.165, 1.54) is 12.3 Å². The summed E-state index contributed by atoms with van der Waals surface area (Å²) in [6.45, 7) is 1.93. The Morgan fingerprint density at radius 1 is 1.37 bits per heavy atom. The highest BCUT2D eigenvalue weighted by Gasteiger charge is 2.16. The minimum absolute atomic E-state index is 0.0238. The smallest absolute Gasteiger partial charge is 0.311 e. The number of aromatic nitrogens is 1. The first-order valence-electron chi connectivity index (χ1n) is 5.69. The van der Waals surface area contributed by atoms with Gasteiger partial charge in [0.25, 0.3) is 0 Å². The van der Waals surface area contributed by atoms with E-state index in [9.17, 15) is 10.1 Å². The number of benzene rings is 1. The van der Waals surface area contributed by atoms with Crippen LogP contribution in [-0.4, -0.2) is 9.91 Å². The van der Waals surface area contributed by atoms with Crippen molar-refractivity contribution in [2.45, 2.75) is 13.0 Å². The fourth-order valence-corrected chi connectivity index (χ4v) is 2.14. The molecule has 1 unspecified atom stereocenters. The van der Waals surface area contributed by atoms with Crippen molar-refractivity contribution in [3.8, 4) is 0 Å². The third-order valence-corrected chi connectivity index (χ3v) is 3.18. The van der Waals surface area contributed by atoms with E-state index >= 15 is 0 Å². The van der Waals surface area contributed by atoms with E-state index < -0.39 is 4.92 Å². The van der Waals surface area contributed by atoms with E-state index in [1.54, 1.807) is 6.07 Å². The van der Waals surface area contributed by atoms with E-state index in [1.807, 2.05) is 31.2 Å². The van der Waals surface area contributed by atoms with Crippen molar-refractivity contribution in [3.63, 3.8) is 0 Å². The van der Waals surface area contributed by atoms with Crippen molar-refractivity contribution in [1.29, 1.82) is 0 Å². The second kappa shape index (κ2) is 5.79. The summed E-state index contributed by atoms with van der Waals surface area (Å²) in [4.78, 5) is 14.5. The van der Waals surface area contributed by atoms with E-state index in [4.69, 9.17) is 0 Å². The Hall–Kier alpha value is -1.95. The summed E-state index contributed by atoms with van der Waals surface area (Å²) in [5.74, 6) is 0.278. The van der Waals surface area contributed by atoms with E-state index in [0.29, 0.717) is 0 Å². The van der Waals surface area contributed by atoms with Crippen molar-refractivity contribution in [1.82, 2.24) is 4.98 Å². The number of nitrogens with one attached hydrogen (secondary N) is 1. The van der Waals surface area contributed by atoms with Crippen LogP contribution in [0.1, 0.15) is 18.5 Å². The lowest BCUT2D eigenvalue weighted by Gasteiger charge is -2.15. The molecule has 0 aliphatic rings. The average molecular weight is 322 g/mol. The molecule has 0 amide bonds. The Morgan fingerprint density at radius 3 is 2.84 bits per heavy atom. The molecule has 5 nitrogen and oxygen atoms in total. The largest absolute Gasteiger partial charge is 0.358 e. The molecule has 0 aliphatic heterocycles. The maximum Gasteiger partial charge on any atom is 0.311 e. The number of rotatable bonds is 4. The molecule has 1 aromatic heterocycles. The number of halogens is 1. The molecule has 1 N–H and O–H groups in total. The Labute approximate surface area is 119 Å². The summed E-state index contributed by atoms with van der Waals surface area (Å²) in [6, 6.07) is 10.7. The first-order valence-corrected chi connectivity index (χ1v) is 6.48. The summed E-state index contributed by atoms with van der Waals surface area (Å²) in [5, 5.41) is 14.0. The molecule has 0 radical (unpaired) electrons. The van der Waals surface area contributed by atoms with Gasteiger partial charge in [-0.3, -0.25) is 10.1 Å². The van der Waals surface area contributed by atoms with Gasteiger partial charge in [-0.2, -0.15) is 0 Å². The van der Waals surface area contributed by atoms with E-state index in [0.717, 1.165) is 10.0 Å². The van der Waals surface area contributed by atoms with Crippen LogP contribution < -0.4 is 5.32 Å². The summed E-state index contributed by atoms with van der Waals surface area (Å²) in [5.41, 5.74) is 0.999. The second-order valence-electron chi connectivity index (χ2n) is 4.05. The second-order valence-corrected chi connectivity index (χ2v) is 4.96. The maximum absolute atomic E-state index is 10.9. The summed E-state index contributed by atoms with van der Waals surface area (Å²) in [6.07, 6.45) is 1.53. The minimum atomic E-state index is -0.442. The molecule has 0 bridgehead atoms. The quantitative estimate of drug-likeness (QED) is 0.684. The lowest BCUT2D eigenvalue weighted by atomic mass is 10.1. The van der Waals surface area contributed by atoms with Gasteiger partial charge in [0, 0.05) is 16.7 Å². The van der Waals surface area contributed by atoms with Crippen molar-refractivity contribution >= 4 is 27.4 Å². The van der Waals surface area contributed by atoms with Gasteiger partial charge in [-0.25, -0.2) is 4.98 Å². The van der Waals surface area contributed by atoms with Crippen LogP contribution in [0.15, 0.2) is 47.1 Å². The van der Waals surface area contributed by atoms with Gasteiger partial charge in [0.1, 0.15) is 0 Å². The highest BCUT2D eigenvalue weighted by molar-refractivity contribution is 9.10. The predicted molar refractivity (Wildman–Crippen MR) is 77.1 cm³/mol. The Kier molecular flexibility index (Phi) is 4.11. The summed E-state index contributed by atoms with van der Waals surface area (Å²) < 4.78 is 0.967. The number of pyridine rings is 1. The molecule has 0 fully saturated rings. The Bertz CT molecular complexity index is 604. The molecule has 1 atom stereocenters. The van der Waals surface area contributed by atoms with Crippen LogP contribution in [0.5, 0.6) is 0 Å². The topological polar surface area (TPSA) is 68.1 Å². The lowest BCUT2D eigenvalue weighted by Crippen LogP contribution is -2.09. The molecule has 1 heterocycles. The fourth-order valence-electron chi connectivity index (χ4n) is 1.72. The van der Waals surface area contributed by atoms with Gasteiger partial charge in [-0.05, 0) is 30.7 Å². The molecule has 0 aliphatic carbocycles. The minimum Gasteiger partial charge on any atom is -0.358 e. The molecule has 0 saturated carbocycles. The molecular weight excluding hydrogens is 310 g/mol. The number of nitrogens with zero attached hydrogens (tertiary/aromatic N) is 2. The lowest BCUT2D eigenvalue weighted by molar-refractivity contribution is -0.384. The zero-order valence-electron chi connectivity index (χ0n) is 10.2. The first kappa shape index (κ1) is 13.5. The van der Waals surface area contributed by atoms with Gasteiger partial charge < -0.3 is 5.32 Å². The molecule has 6 heteroatoms.